The Morgan fingerprint density at radius 3 is 2.65 bits per heavy atom. The SMILES string of the molecule is OC(CCN1CCc2ccccc21)c1ccc(Cl)cc1. The maximum atomic E-state index is 10.2. The van der Waals surface area contributed by atoms with Gasteiger partial charge in [-0.1, -0.05) is 41.9 Å². The average Bonchev–Trinajstić information content (AvgIpc) is 2.89. The lowest BCUT2D eigenvalue weighted by atomic mass is 10.1. The van der Waals surface area contributed by atoms with Crippen LogP contribution in [0.25, 0.3) is 0 Å². The Bertz CT molecular complexity index is 582. The van der Waals surface area contributed by atoms with Crippen LogP contribution in [0.1, 0.15) is 23.7 Å². The predicted molar refractivity (Wildman–Crippen MR) is 83.4 cm³/mol. The number of hydrogen-bond acceptors (Lipinski definition) is 2. The fourth-order valence-corrected chi connectivity index (χ4v) is 2.89. The molecule has 0 aliphatic carbocycles. The van der Waals surface area contributed by atoms with Gasteiger partial charge in [0.25, 0.3) is 0 Å². The number of anilines is 1. The van der Waals surface area contributed by atoms with Crippen LogP contribution in [-0.4, -0.2) is 18.2 Å². The van der Waals surface area contributed by atoms with E-state index in [1.54, 1.807) is 0 Å². The van der Waals surface area contributed by atoms with Gasteiger partial charge >= 0.3 is 0 Å². The van der Waals surface area contributed by atoms with Crippen LogP contribution in [0.3, 0.4) is 0 Å². The molecule has 2 nitrogen and oxygen atoms in total. The Balaban J connectivity index is 1.62. The van der Waals surface area contributed by atoms with Gasteiger partial charge in [0.05, 0.1) is 6.10 Å². The number of para-hydroxylation sites is 1. The van der Waals surface area contributed by atoms with Crippen LogP contribution in [0.4, 0.5) is 5.69 Å². The first kappa shape index (κ1) is 13.5. The van der Waals surface area contributed by atoms with Crippen LogP contribution in [-0.2, 0) is 6.42 Å². The quantitative estimate of drug-likeness (QED) is 0.924. The summed E-state index contributed by atoms with van der Waals surface area (Å²) in [6, 6.07) is 16.0. The number of rotatable bonds is 4. The molecule has 0 radical (unpaired) electrons. The molecule has 2 aromatic rings. The lowest BCUT2D eigenvalue weighted by molar-refractivity contribution is 0.169. The molecule has 1 atom stereocenters. The van der Waals surface area contributed by atoms with Crippen LogP contribution in [0.5, 0.6) is 0 Å². The van der Waals surface area contributed by atoms with Crippen molar-refractivity contribution in [1.29, 1.82) is 0 Å². The zero-order valence-corrected chi connectivity index (χ0v) is 12.1. The second-order valence-electron chi connectivity index (χ2n) is 5.22. The molecule has 1 heterocycles. The van der Waals surface area contributed by atoms with Crippen LogP contribution in [0, 0.1) is 0 Å². The van der Waals surface area contributed by atoms with E-state index < -0.39 is 6.10 Å². The zero-order valence-electron chi connectivity index (χ0n) is 11.3. The first-order valence-corrected chi connectivity index (χ1v) is 7.38. The fraction of sp³-hybridized carbons (Fsp3) is 0.294. The van der Waals surface area contributed by atoms with Crippen molar-refractivity contribution in [3.8, 4) is 0 Å². The minimum atomic E-state index is -0.431. The van der Waals surface area contributed by atoms with Crippen molar-refractivity contribution in [2.45, 2.75) is 18.9 Å². The smallest absolute Gasteiger partial charge is 0.0806 e. The molecule has 20 heavy (non-hydrogen) atoms. The highest BCUT2D eigenvalue weighted by molar-refractivity contribution is 6.30. The second kappa shape index (κ2) is 5.86. The monoisotopic (exact) mass is 287 g/mol. The van der Waals surface area contributed by atoms with E-state index in [0.29, 0.717) is 5.02 Å². The van der Waals surface area contributed by atoms with Gasteiger partial charge in [0, 0.05) is 23.8 Å². The van der Waals surface area contributed by atoms with Crippen molar-refractivity contribution >= 4 is 17.3 Å². The summed E-state index contributed by atoms with van der Waals surface area (Å²) in [7, 11) is 0. The Labute approximate surface area is 124 Å². The van der Waals surface area contributed by atoms with E-state index >= 15 is 0 Å². The van der Waals surface area contributed by atoms with E-state index in [0.717, 1.165) is 31.5 Å². The third-order valence-electron chi connectivity index (χ3n) is 3.91. The van der Waals surface area contributed by atoms with Gasteiger partial charge in [0.1, 0.15) is 0 Å². The highest BCUT2D eigenvalue weighted by Gasteiger charge is 2.19. The fourth-order valence-electron chi connectivity index (χ4n) is 2.77. The number of aliphatic hydroxyl groups excluding tert-OH is 1. The van der Waals surface area contributed by atoms with E-state index in [1.807, 2.05) is 24.3 Å². The maximum absolute atomic E-state index is 10.2. The largest absolute Gasteiger partial charge is 0.388 e. The molecule has 0 saturated carbocycles. The standard InChI is InChI=1S/C17H18ClNO/c18-15-7-5-14(6-8-15)17(20)10-12-19-11-9-13-3-1-2-4-16(13)19/h1-8,17,20H,9-12H2. The molecule has 1 aliphatic rings. The first-order valence-electron chi connectivity index (χ1n) is 7.00. The van der Waals surface area contributed by atoms with Gasteiger partial charge in [0.2, 0.25) is 0 Å². The average molecular weight is 288 g/mol. The topological polar surface area (TPSA) is 23.5 Å². The molecule has 3 heteroatoms. The van der Waals surface area contributed by atoms with Crippen molar-refractivity contribution in [3.05, 3.63) is 64.7 Å². The van der Waals surface area contributed by atoms with Crippen LogP contribution in [0.15, 0.2) is 48.5 Å². The summed E-state index contributed by atoms with van der Waals surface area (Å²) in [5.41, 5.74) is 3.66. The molecule has 0 bridgehead atoms. The maximum Gasteiger partial charge on any atom is 0.0806 e. The molecule has 0 aromatic heterocycles. The number of hydrogen-bond donors (Lipinski definition) is 1. The zero-order chi connectivity index (χ0) is 13.9. The molecule has 1 unspecified atom stereocenters. The molecular weight excluding hydrogens is 270 g/mol. The van der Waals surface area contributed by atoms with E-state index in [-0.39, 0.29) is 0 Å². The summed E-state index contributed by atoms with van der Waals surface area (Å²) in [5, 5.41) is 11.0. The van der Waals surface area contributed by atoms with Crippen LogP contribution < -0.4 is 4.90 Å². The minimum absolute atomic E-state index is 0.431. The first-order chi connectivity index (χ1) is 9.74. The predicted octanol–water partition coefficient (Wildman–Crippen LogP) is 3.83. The van der Waals surface area contributed by atoms with Gasteiger partial charge in [-0.2, -0.15) is 0 Å². The van der Waals surface area contributed by atoms with Crippen LogP contribution in [0.2, 0.25) is 5.02 Å². The summed E-state index contributed by atoms with van der Waals surface area (Å²) in [6.07, 6.45) is 1.41. The molecule has 1 N–H and O–H groups in total. The minimum Gasteiger partial charge on any atom is -0.388 e. The van der Waals surface area contributed by atoms with Crippen molar-refractivity contribution in [2.75, 3.05) is 18.0 Å². The third kappa shape index (κ3) is 2.82. The van der Waals surface area contributed by atoms with E-state index in [2.05, 4.69) is 29.2 Å². The molecule has 0 spiro atoms. The second-order valence-corrected chi connectivity index (χ2v) is 5.66. The number of nitrogens with zero attached hydrogens (tertiary/aromatic N) is 1. The lowest BCUT2D eigenvalue weighted by Crippen LogP contribution is -2.23. The van der Waals surface area contributed by atoms with Gasteiger partial charge in [-0.3, -0.25) is 0 Å². The van der Waals surface area contributed by atoms with Crippen LogP contribution >= 0.6 is 11.6 Å². The number of fused-ring (bicyclic) bond motifs is 1. The summed E-state index contributed by atoms with van der Waals surface area (Å²) in [4.78, 5) is 2.36. The number of halogens is 1. The van der Waals surface area contributed by atoms with Gasteiger partial charge in [-0.05, 0) is 42.2 Å². The third-order valence-corrected chi connectivity index (χ3v) is 4.16. The molecule has 3 rings (SSSR count). The van der Waals surface area contributed by atoms with Crippen molar-refractivity contribution in [2.24, 2.45) is 0 Å². The molecule has 2 aromatic carbocycles. The molecule has 0 fully saturated rings. The van der Waals surface area contributed by atoms with Gasteiger partial charge in [0.15, 0.2) is 0 Å². The number of aliphatic hydroxyl groups is 1. The van der Waals surface area contributed by atoms with Gasteiger partial charge in [-0.15, -0.1) is 0 Å². The van der Waals surface area contributed by atoms with Crippen molar-refractivity contribution < 1.29 is 5.11 Å². The van der Waals surface area contributed by atoms with E-state index in [1.165, 1.54) is 11.3 Å². The summed E-state index contributed by atoms with van der Waals surface area (Å²) in [6.45, 7) is 1.92. The Morgan fingerprint density at radius 1 is 1.10 bits per heavy atom. The Kier molecular flexibility index (Phi) is 3.95. The van der Waals surface area contributed by atoms with Gasteiger partial charge in [-0.25, -0.2) is 0 Å². The van der Waals surface area contributed by atoms with Crippen molar-refractivity contribution in [1.82, 2.24) is 0 Å². The van der Waals surface area contributed by atoms with E-state index in [9.17, 15) is 5.11 Å². The highest BCUT2D eigenvalue weighted by Crippen LogP contribution is 2.28. The van der Waals surface area contributed by atoms with E-state index in [4.69, 9.17) is 11.6 Å². The summed E-state index contributed by atoms with van der Waals surface area (Å²) < 4.78 is 0. The Hall–Kier alpha value is -1.51. The summed E-state index contributed by atoms with van der Waals surface area (Å²) in [5.74, 6) is 0. The molecular formula is C17H18ClNO. The molecule has 0 saturated heterocycles. The molecule has 1 aliphatic heterocycles. The molecule has 104 valence electrons. The van der Waals surface area contributed by atoms with Crippen molar-refractivity contribution in [3.63, 3.8) is 0 Å². The number of benzene rings is 2. The summed E-state index contributed by atoms with van der Waals surface area (Å²) >= 11 is 5.86. The molecule has 0 amide bonds. The normalized spacial score (nSPS) is 15.2. The highest BCUT2D eigenvalue weighted by atomic mass is 35.5. The lowest BCUT2D eigenvalue weighted by Gasteiger charge is -2.21. The van der Waals surface area contributed by atoms with Gasteiger partial charge < -0.3 is 10.0 Å². The Morgan fingerprint density at radius 2 is 1.85 bits per heavy atom.